The zero-order valence-electron chi connectivity index (χ0n) is 15.1. The van der Waals surface area contributed by atoms with Gasteiger partial charge in [-0.1, -0.05) is 24.3 Å². The third kappa shape index (κ3) is 3.87. The van der Waals surface area contributed by atoms with E-state index in [9.17, 15) is 9.18 Å². The number of amides is 1. The van der Waals surface area contributed by atoms with Gasteiger partial charge >= 0.3 is 0 Å². The lowest BCUT2D eigenvalue weighted by Crippen LogP contribution is -2.66. The Kier molecular flexibility index (Phi) is 5.18. The van der Waals surface area contributed by atoms with Crippen LogP contribution in [0.4, 0.5) is 4.39 Å². The van der Waals surface area contributed by atoms with Crippen molar-refractivity contribution in [2.75, 3.05) is 26.3 Å². The Labute approximate surface area is 158 Å². The smallest absolute Gasteiger partial charge is 0.227 e. The summed E-state index contributed by atoms with van der Waals surface area (Å²) in [4.78, 5) is 18.5. The molecule has 0 saturated carbocycles. The van der Waals surface area contributed by atoms with Crippen molar-refractivity contribution in [3.05, 3.63) is 65.7 Å². The molecular weight excluding hydrogens is 347 g/mol. The molecule has 2 aromatic rings. The molecule has 1 atom stereocenters. The van der Waals surface area contributed by atoms with E-state index in [1.807, 2.05) is 18.2 Å². The van der Waals surface area contributed by atoms with Crippen molar-refractivity contribution in [1.29, 1.82) is 0 Å². The molecule has 0 N–H and O–H groups in total. The van der Waals surface area contributed by atoms with E-state index in [0.29, 0.717) is 38.5 Å². The first-order chi connectivity index (χ1) is 13.2. The summed E-state index contributed by atoms with van der Waals surface area (Å²) in [6.07, 6.45) is 2.77. The standard InChI is InChI=1S/C21H23FN2O3/c22-19-7-2-1-5-16(19)11-20(25)24-14-21(15-24)17(8-10-27-21)12-26-13-18-6-3-4-9-23-18/h1-7,9,17H,8,10-15H2/t17-/m0/s1. The second-order valence-corrected chi connectivity index (χ2v) is 7.25. The first-order valence-corrected chi connectivity index (χ1v) is 9.29. The number of likely N-dealkylation sites (tertiary alicyclic amines) is 1. The molecule has 0 aliphatic carbocycles. The Bertz CT molecular complexity index is 793. The Morgan fingerprint density at radius 2 is 2.07 bits per heavy atom. The third-order valence-corrected chi connectivity index (χ3v) is 5.46. The highest BCUT2D eigenvalue weighted by Gasteiger charge is 2.54. The monoisotopic (exact) mass is 370 g/mol. The fraction of sp³-hybridized carbons (Fsp3) is 0.429. The van der Waals surface area contributed by atoms with Crippen LogP contribution in [-0.2, 0) is 27.3 Å². The molecule has 1 amide bonds. The summed E-state index contributed by atoms with van der Waals surface area (Å²) in [6.45, 7) is 2.86. The van der Waals surface area contributed by atoms with Crippen molar-refractivity contribution in [2.24, 2.45) is 5.92 Å². The van der Waals surface area contributed by atoms with Crippen molar-refractivity contribution in [3.8, 4) is 0 Å². The number of pyridine rings is 1. The number of halogens is 1. The van der Waals surface area contributed by atoms with Crippen LogP contribution in [0.1, 0.15) is 17.7 Å². The van der Waals surface area contributed by atoms with Crippen LogP contribution in [-0.4, -0.2) is 47.7 Å². The predicted molar refractivity (Wildman–Crippen MR) is 97.4 cm³/mol. The first kappa shape index (κ1) is 18.1. The third-order valence-electron chi connectivity index (χ3n) is 5.46. The highest BCUT2D eigenvalue weighted by Crippen LogP contribution is 2.40. The molecule has 142 valence electrons. The Balaban J connectivity index is 1.28. The zero-order chi connectivity index (χ0) is 18.7. The second-order valence-electron chi connectivity index (χ2n) is 7.25. The van der Waals surface area contributed by atoms with Gasteiger partial charge in [0.25, 0.3) is 0 Å². The van der Waals surface area contributed by atoms with Crippen LogP contribution in [0.25, 0.3) is 0 Å². The lowest BCUT2D eigenvalue weighted by molar-refractivity contribution is -0.168. The first-order valence-electron chi connectivity index (χ1n) is 9.29. The van der Waals surface area contributed by atoms with Gasteiger partial charge in [0.15, 0.2) is 0 Å². The lowest BCUT2D eigenvalue weighted by Gasteiger charge is -2.50. The van der Waals surface area contributed by atoms with E-state index in [0.717, 1.165) is 12.1 Å². The Hall–Kier alpha value is -2.31. The second kappa shape index (κ2) is 7.74. The minimum Gasteiger partial charge on any atom is -0.375 e. The van der Waals surface area contributed by atoms with Gasteiger partial charge in [-0.25, -0.2) is 4.39 Å². The molecule has 3 heterocycles. The average molecular weight is 370 g/mol. The number of carbonyl (C=O) groups is 1. The molecule has 2 aliphatic heterocycles. The summed E-state index contributed by atoms with van der Waals surface area (Å²) in [7, 11) is 0. The highest BCUT2D eigenvalue weighted by atomic mass is 19.1. The maximum Gasteiger partial charge on any atom is 0.227 e. The molecule has 0 unspecified atom stereocenters. The van der Waals surface area contributed by atoms with Crippen LogP contribution < -0.4 is 0 Å². The number of aromatic nitrogens is 1. The molecule has 2 fully saturated rings. The fourth-order valence-corrected chi connectivity index (χ4v) is 3.85. The average Bonchev–Trinajstić information content (AvgIpc) is 3.07. The molecule has 0 bridgehead atoms. The lowest BCUT2D eigenvalue weighted by atomic mass is 9.81. The molecule has 4 rings (SSSR count). The molecule has 2 saturated heterocycles. The van der Waals surface area contributed by atoms with E-state index in [1.165, 1.54) is 6.07 Å². The highest BCUT2D eigenvalue weighted by molar-refractivity contribution is 5.80. The topological polar surface area (TPSA) is 51.7 Å². The zero-order valence-corrected chi connectivity index (χ0v) is 15.1. The van der Waals surface area contributed by atoms with Gasteiger partial charge in [-0.15, -0.1) is 0 Å². The number of nitrogens with zero attached hydrogens (tertiary/aromatic N) is 2. The molecule has 1 aromatic carbocycles. The summed E-state index contributed by atoms with van der Waals surface area (Å²) in [6, 6.07) is 12.2. The molecule has 5 nitrogen and oxygen atoms in total. The van der Waals surface area contributed by atoms with E-state index >= 15 is 0 Å². The maximum atomic E-state index is 13.8. The fourth-order valence-electron chi connectivity index (χ4n) is 3.85. The molecule has 2 aliphatic rings. The predicted octanol–water partition coefficient (Wildman–Crippen LogP) is 2.60. The Morgan fingerprint density at radius 3 is 2.85 bits per heavy atom. The summed E-state index contributed by atoms with van der Waals surface area (Å²) < 4.78 is 25.6. The van der Waals surface area contributed by atoms with Crippen LogP contribution in [0.2, 0.25) is 0 Å². The SMILES string of the molecule is O=C(Cc1ccccc1F)N1CC2(C1)OCC[C@H]2COCc1ccccn1. The van der Waals surface area contributed by atoms with Gasteiger partial charge in [0.2, 0.25) is 5.91 Å². The van der Waals surface area contributed by atoms with Crippen LogP contribution in [0.5, 0.6) is 0 Å². The number of benzene rings is 1. The Morgan fingerprint density at radius 1 is 1.26 bits per heavy atom. The van der Waals surface area contributed by atoms with Crippen molar-refractivity contribution >= 4 is 5.91 Å². The summed E-state index contributed by atoms with van der Waals surface area (Å²) in [5.74, 6) is -0.132. The van der Waals surface area contributed by atoms with Crippen LogP contribution in [0.15, 0.2) is 48.7 Å². The van der Waals surface area contributed by atoms with Gasteiger partial charge in [-0.05, 0) is 30.2 Å². The van der Waals surface area contributed by atoms with E-state index < -0.39 is 0 Å². The van der Waals surface area contributed by atoms with Gasteiger partial charge < -0.3 is 14.4 Å². The minimum atomic E-state index is -0.334. The quantitative estimate of drug-likeness (QED) is 0.784. The van der Waals surface area contributed by atoms with Crippen LogP contribution >= 0.6 is 0 Å². The number of ether oxygens (including phenoxy) is 2. The van der Waals surface area contributed by atoms with Gasteiger partial charge in [0.1, 0.15) is 11.4 Å². The van der Waals surface area contributed by atoms with Crippen molar-refractivity contribution in [1.82, 2.24) is 9.88 Å². The summed E-state index contributed by atoms with van der Waals surface area (Å²) in [5, 5.41) is 0. The van der Waals surface area contributed by atoms with E-state index in [4.69, 9.17) is 9.47 Å². The van der Waals surface area contributed by atoms with Crippen LogP contribution in [0.3, 0.4) is 0 Å². The van der Waals surface area contributed by atoms with Crippen LogP contribution in [0, 0.1) is 11.7 Å². The van der Waals surface area contributed by atoms with E-state index in [1.54, 1.807) is 29.3 Å². The maximum absolute atomic E-state index is 13.8. The summed E-state index contributed by atoms with van der Waals surface area (Å²) in [5.41, 5.74) is 1.03. The minimum absolute atomic E-state index is 0.0608. The van der Waals surface area contributed by atoms with Gasteiger partial charge in [0.05, 0.1) is 38.4 Å². The number of hydrogen-bond acceptors (Lipinski definition) is 4. The molecule has 27 heavy (non-hydrogen) atoms. The molecule has 0 radical (unpaired) electrons. The summed E-state index contributed by atoms with van der Waals surface area (Å²) >= 11 is 0. The van der Waals surface area contributed by atoms with Gasteiger partial charge in [-0.3, -0.25) is 9.78 Å². The number of rotatable bonds is 6. The van der Waals surface area contributed by atoms with Gasteiger partial charge in [-0.2, -0.15) is 0 Å². The molecule has 1 spiro atoms. The van der Waals surface area contributed by atoms with E-state index in [2.05, 4.69) is 4.98 Å². The van der Waals surface area contributed by atoms with Crippen molar-refractivity contribution in [3.63, 3.8) is 0 Å². The van der Waals surface area contributed by atoms with Crippen molar-refractivity contribution in [2.45, 2.75) is 25.0 Å². The molecule has 6 heteroatoms. The van der Waals surface area contributed by atoms with Gasteiger partial charge in [0, 0.05) is 18.7 Å². The number of hydrogen-bond donors (Lipinski definition) is 0. The number of carbonyl (C=O) groups excluding carboxylic acids is 1. The molecule has 1 aromatic heterocycles. The van der Waals surface area contributed by atoms with E-state index in [-0.39, 0.29) is 29.7 Å². The normalized spacial score (nSPS) is 20.6. The van der Waals surface area contributed by atoms with Crippen molar-refractivity contribution < 1.29 is 18.7 Å². The molecular formula is C21H23FN2O3. The largest absolute Gasteiger partial charge is 0.375 e.